The Balaban J connectivity index is 1.86. The number of thiazole rings is 1. The first-order chi connectivity index (χ1) is 8.16. The van der Waals surface area contributed by atoms with Gasteiger partial charge in [0.2, 0.25) is 0 Å². The predicted molar refractivity (Wildman–Crippen MR) is 74.2 cm³/mol. The molecule has 1 aliphatic rings. The zero-order chi connectivity index (χ0) is 12.3. The predicted octanol–water partition coefficient (Wildman–Crippen LogP) is 4.01. The molecule has 96 valence electrons. The van der Waals surface area contributed by atoms with Crippen LogP contribution in [0.5, 0.6) is 0 Å². The van der Waals surface area contributed by atoms with Gasteiger partial charge in [-0.05, 0) is 31.6 Å². The maximum absolute atomic E-state index is 4.39. The number of nitrogens with one attached hydrogen (secondary N) is 1. The van der Waals surface area contributed by atoms with Crippen molar-refractivity contribution in [2.24, 2.45) is 11.8 Å². The van der Waals surface area contributed by atoms with Crippen LogP contribution in [0.15, 0.2) is 11.6 Å². The van der Waals surface area contributed by atoms with Gasteiger partial charge in [0.05, 0.1) is 6.04 Å². The second kappa shape index (κ2) is 5.96. The lowest BCUT2D eigenvalue weighted by molar-refractivity contribution is 0.223. The molecule has 17 heavy (non-hydrogen) atoms. The van der Waals surface area contributed by atoms with E-state index in [1.54, 1.807) is 11.3 Å². The minimum Gasteiger partial charge on any atom is -0.305 e. The summed E-state index contributed by atoms with van der Waals surface area (Å²) in [6, 6.07) is 1.10. The maximum atomic E-state index is 4.39. The van der Waals surface area contributed by atoms with Crippen LogP contribution in [0.2, 0.25) is 0 Å². The van der Waals surface area contributed by atoms with E-state index in [4.69, 9.17) is 0 Å². The summed E-state index contributed by atoms with van der Waals surface area (Å²) in [5.41, 5.74) is 0. The summed E-state index contributed by atoms with van der Waals surface area (Å²) in [6.45, 7) is 6.95. The number of hydrogen-bond acceptors (Lipinski definition) is 3. The van der Waals surface area contributed by atoms with Crippen molar-refractivity contribution in [3.63, 3.8) is 0 Å². The monoisotopic (exact) mass is 252 g/mol. The fourth-order valence-electron chi connectivity index (χ4n) is 2.86. The SMILES string of the molecule is CC(NC1CCCC(C(C)C)C1)c1nccs1. The van der Waals surface area contributed by atoms with Gasteiger partial charge in [-0.25, -0.2) is 4.98 Å². The topological polar surface area (TPSA) is 24.9 Å². The molecule has 3 atom stereocenters. The number of hydrogen-bond donors (Lipinski definition) is 1. The summed E-state index contributed by atoms with van der Waals surface area (Å²) in [5.74, 6) is 1.74. The van der Waals surface area contributed by atoms with E-state index in [0.29, 0.717) is 12.1 Å². The van der Waals surface area contributed by atoms with Crippen LogP contribution in [-0.2, 0) is 0 Å². The second-order valence-corrected chi connectivity index (χ2v) is 6.55. The zero-order valence-corrected chi connectivity index (χ0v) is 12.0. The summed E-state index contributed by atoms with van der Waals surface area (Å²) >= 11 is 1.75. The van der Waals surface area contributed by atoms with Crippen LogP contribution in [-0.4, -0.2) is 11.0 Å². The average Bonchev–Trinajstić information content (AvgIpc) is 2.82. The van der Waals surface area contributed by atoms with Gasteiger partial charge in [-0.3, -0.25) is 0 Å². The van der Waals surface area contributed by atoms with Gasteiger partial charge in [0.1, 0.15) is 5.01 Å². The van der Waals surface area contributed by atoms with Crippen LogP contribution in [0.4, 0.5) is 0 Å². The molecule has 2 nitrogen and oxygen atoms in total. The lowest BCUT2D eigenvalue weighted by Gasteiger charge is -2.33. The highest BCUT2D eigenvalue weighted by Crippen LogP contribution is 2.31. The molecule has 0 bridgehead atoms. The van der Waals surface area contributed by atoms with Gasteiger partial charge in [0.15, 0.2) is 0 Å². The number of aromatic nitrogens is 1. The van der Waals surface area contributed by atoms with Crippen molar-refractivity contribution < 1.29 is 0 Å². The molecule has 0 spiro atoms. The highest BCUT2D eigenvalue weighted by Gasteiger charge is 2.25. The van der Waals surface area contributed by atoms with Crippen molar-refractivity contribution in [2.45, 2.75) is 58.5 Å². The Hall–Kier alpha value is -0.410. The fraction of sp³-hybridized carbons (Fsp3) is 0.786. The minimum atomic E-state index is 0.408. The van der Waals surface area contributed by atoms with E-state index in [1.165, 1.54) is 30.7 Å². The van der Waals surface area contributed by atoms with Crippen molar-refractivity contribution >= 4 is 11.3 Å². The molecule has 0 radical (unpaired) electrons. The van der Waals surface area contributed by atoms with Crippen LogP contribution >= 0.6 is 11.3 Å². The highest BCUT2D eigenvalue weighted by atomic mass is 32.1. The van der Waals surface area contributed by atoms with E-state index in [1.807, 2.05) is 6.20 Å². The first-order valence-corrected chi connectivity index (χ1v) is 7.70. The highest BCUT2D eigenvalue weighted by molar-refractivity contribution is 7.09. The van der Waals surface area contributed by atoms with E-state index >= 15 is 0 Å². The van der Waals surface area contributed by atoms with Gasteiger partial charge in [-0.1, -0.05) is 26.7 Å². The van der Waals surface area contributed by atoms with E-state index in [0.717, 1.165) is 11.8 Å². The lowest BCUT2D eigenvalue weighted by Crippen LogP contribution is -2.36. The van der Waals surface area contributed by atoms with Gasteiger partial charge in [0.25, 0.3) is 0 Å². The summed E-state index contributed by atoms with van der Waals surface area (Å²) in [5, 5.41) is 7.03. The van der Waals surface area contributed by atoms with Crippen LogP contribution in [0, 0.1) is 11.8 Å². The molecule has 0 aliphatic heterocycles. The summed E-state index contributed by atoms with van der Waals surface area (Å²) in [4.78, 5) is 4.39. The van der Waals surface area contributed by atoms with Gasteiger partial charge in [0, 0.05) is 17.6 Å². The Kier molecular flexibility index (Phi) is 4.57. The quantitative estimate of drug-likeness (QED) is 0.876. The molecule has 1 N–H and O–H groups in total. The van der Waals surface area contributed by atoms with E-state index in [-0.39, 0.29) is 0 Å². The van der Waals surface area contributed by atoms with E-state index < -0.39 is 0 Å². The molecule has 1 aliphatic carbocycles. The zero-order valence-electron chi connectivity index (χ0n) is 11.1. The molecule has 2 rings (SSSR count). The molecule has 0 saturated heterocycles. The molecule has 1 saturated carbocycles. The molecular weight excluding hydrogens is 228 g/mol. The third-order valence-corrected chi connectivity index (χ3v) is 4.92. The van der Waals surface area contributed by atoms with Crippen molar-refractivity contribution in [2.75, 3.05) is 0 Å². The fourth-order valence-corrected chi connectivity index (χ4v) is 3.51. The molecule has 0 amide bonds. The Morgan fingerprint density at radius 3 is 2.82 bits per heavy atom. The second-order valence-electron chi connectivity index (χ2n) is 5.63. The molecule has 0 aromatic carbocycles. The van der Waals surface area contributed by atoms with Crippen molar-refractivity contribution in [3.8, 4) is 0 Å². The largest absolute Gasteiger partial charge is 0.305 e. The summed E-state index contributed by atoms with van der Waals surface area (Å²) < 4.78 is 0. The third kappa shape index (κ3) is 3.52. The van der Waals surface area contributed by atoms with Gasteiger partial charge >= 0.3 is 0 Å². The Morgan fingerprint density at radius 2 is 2.18 bits per heavy atom. The smallest absolute Gasteiger partial charge is 0.109 e. The van der Waals surface area contributed by atoms with Crippen LogP contribution < -0.4 is 5.32 Å². The molecule has 1 heterocycles. The maximum Gasteiger partial charge on any atom is 0.109 e. The third-order valence-electron chi connectivity index (χ3n) is 3.97. The Bertz CT molecular complexity index is 321. The standard InChI is InChI=1S/C14H24N2S/c1-10(2)12-5-4-6-13(9-12)16-11(3)14-15-7-8-17-14/h7-8,10-13,16H,4-6,9H2,1-3H3. The normalized spacial score (nSPS) is 27.3. The van der Waals surface area contributed by atoms with Gasteiger partial charge < -0.3 is 5.32 Å². The van der Waals surface area contributed by atoms with Crippen LogP contribution in [0.1, 0.15) is 57.5 Å². The molecule has 3 unspecified atom stereocenters. The van der Waals surface area contributed by atoms with Crippen molar-refractivity contribution in [3.05, 3.63) is 16.6 Å². The van der Waals surface area contributed by atoms with E-state index in [9.17, 15) is 0 Å². The van der Waals surface area contributed by atoms with Crippen LogP contribution in [0.3, 0.4) is 0 Å². The number of nitrogens with zero attached hydrogens (tertiary/aromatic N) is 1. The molecule has 3 heteroatoms. The minimum absolute atomic E-state index is 0.408. The Labute approximate surface area is 109 Å². The van der Waals surface area contributed by atoms with Crippen LogP contribution in [0.25, 0.3) is 0 Å². The Morgan fingerprint density at radius 1 is 1.35 bits per heavy atom. The summed E-state index contributed by atoms with van der Waals surface area (Å²) in [7, 11) is 0. The first-order valence-electron chi connectivity index (χ1n) is 6.82. The molecule has 1 fully saturated rings. The lowest BCUT2D eigenvalue weighted by atomic mass is 9.79. The molecule has 1 aromatic rings. The molecular formula is C14H24N2S. The summed E-state index contributed by atoms with van der Waals surface area (Å²) in [6.07, 6.45) is 7.37. The first kappa shape index (κ1) is 13.0. The molecule has 1 aromatic heterocycles. The van der Waals surface area contributed by atoms with Gasteiger partial charge in [-0.15, -0.1) is 11.3 Å². The van der Waals surface area contributed by atoms with Gasteiger partial charge in [-0.2, -0.15) is 0 Å². The van der Waals surface area contributed by atoms with Crippen molar-refractivity contribution in [1.29, 1.82) is 0 Å². The number of rotatable bonds is 4. The van der Waals surface area contributed by atoms with Crippen molar-refractivity contribution in [1.82, 2.24) is 10.3 Å². The van der Waals surface area contributed by atoms with E-state index in [2.05, 4.69) is 36.5 Å². The average molecular weight is 252 g/mol.